The Labute approximate surface area is 149 Å². The van der Waals surface area contributed by atoms with E-state index in [1.54, 1.807) is 11.3 Å². The van der Waals surface area contributed by atoms with Crippen LogP contribution in [0.15, 0.2) is 35.7 Å². The van der Waals surface area contributed by atoms with Gasteiger partial charge in [-0.3, -0.25) is 4.79 Å². The molecule has 1 fully saturated rings. The molecule has 4 rings (SSSR count). The zero-order chi connectivity index (χ0) is 17.2. The standard InChI is InChI=1S/C19H19N3O2S/c1-13-6-11-25-17(13)12-14(19(23)22-7-9-24-10-8-22)18-20-15-4-2-3-5-16(15)21-18/h2-6,11-12H,7-10H2,1H3,(H,20,21). The number of amides is 1. The Bertz CT molecular complexity index is 902. The molecule has 6 heteroatoms. The molecule has 1 N–H and O–H groups in total. The number of carbonyl (C=O) groups is 1. The van der Waals surface area contributed by atoms with Gasteiger partial charge < -0.3 is 14.6 Å². The summed E-state index contributed by atoms with van der Waals surface area (Å²) < 4.78 is 5.37. The molecule has 0 radical (unpaired) electrons. The number of benzene rings is 1. The van der Waals surface area contributed by atoms with Crippen molar-refractivity contribution in [3.63, 3.8) is 0 Å². The van der Waals surface area contributed by atoms with Crippen molar-refractivity contribution in [2.75, 3.05) is 26.3 Å². The maximum absolute atomic E-state index is 13.2. The van der Waals surface area contributed by atoms with Crippen LogP contribution in [-0.2, 0) is 9.53 Å². The van der Waals surface area contributed by atoms with Crippen LogP contribution >= 0.6 is 11.3 Å². The number of H-pyrrole nitrogens is 1. The minimum Gasteiger partial charge on any atom is -0.378 e. The van der Waals surface area contributed by atoms with Crippen molar-refractivity contribution in [3.05, 3.63) is 52.0 Å². The predicted molar refractivity (Wildman–Crippen MR) is 100 cm³/mol. The molecule has 5 nitrogen and oxygen atoms in total. The van der Waals surface area contributed by atoms with Crippen LogP contribution in [0, 0.1) is 6.92 Å². The summed E-state index contributed by atoms with van der Waals surface area (Å²) in [4.78, 5) is 24.0. The SMILES string of the molecule is Cc1ccsc1C=C(C(=O)N1CCOCC1)c1nc2ccccc2[nH]1. The van der Waals surface area contributed by atoms with Gasteiger partial charge in [0.1, 0.15) is 5.82 Å². The van der Waals surface area contributed by atoms with E-state index in [1.165, 1.54) is 0 Å². The van der Waals surface area contributed by atoms with Gasteiger partial charge in [0.25, 0.3) is 5.91 Å². The fourth-order valence-corrected chi connectivity index (χ4v) is 3.77. The second-order valence-electron chi connectivity index (χ2n) is 6.03. The maximum atomic E-state index is 13.2. The molecule has 0 unspecified atom stereocenters. The van der Waals surface area contributed by atoms with Gasteiger partial charge in [-0.15, -0.1) is 11.3 Å². The second-order valence-corrected chi connectivity index (χ2v) is 6.98. The molecule has 1 aromatic carbocycles. The molecule has 25 heavy (non-hydrogen) atoms. The van der Waals surface area contributed by atoms with E-state index in [4.69, 9.17) is 4.74 Å². The summed E-state index contributed by atoms with van der Waals surface area (Å²) >= 11 is 1.63. The Balaban J connectivity index is 1.78. The molecular formula is C19H19N3O2S. The molecular weight excluding hydrogens is 334 g/mol. The first-order chi connectivity index (χ1) is 12.2. The van der Waals surface area contributed by atoms with Gasteiger partial charge in [0, 0.05) is 18.0 Å². The number of nitrogens with one attached hydrogen (secondary N) is 1. The number of ether oxygens (including phenoxy) is 1. The summed E-state index contributed by atoms with van der Waals surface area (Å²) in [5.41, 5.74) is 3.55. The van der Waals surface area contributed by atoms with E-state index >= 15 is 0 Å². The number of aromatic nitrogens is 2. The van der Waals surface area contributed by atoms with Crippen molar-refractivity contribution in [3.8, 4) is 0 Å². The topological polar surface area (TPSA) is 58.2 Å². The summed E-state index contributed by atoms with van der Waals surface area (Å²) in [6, 6.07) is 9.89. The summed E-state index contributed by atoms with van der Waals surface area (Å²) in [7, 11) is 0. The smallest absolute Gasteiger partial charge is 0.257 e. The van der Waals surface area contributed by atoms with E-state index in [-0.39, 0.29) is 5.91 Å². The lowest BCUT2D eigenvalue weighted by Gasteiger charge is -2.27. The number of para-hydroxylation sites is 2. The Hall–Kier alpha value is -2.44. The number of imidazole rings is 1. The number of carbonyl (C=O) groups excluding carboxylic acids is 1. The highest BCUT2D eigenvalue weighted by molar-refractivity contribution is 7.11. The zero-order valence-electron chi connectivity index (χ0n) is 14.0. The van der Waals surface area contributed by atoms with Crippen LogP contribution in [0.3, 0.4) is 0 Å². The highest BCUT2D eigenvalue weighted by Crippen LogP contribution is 2.26. The lowest BCUT2D eigenvalue weighted by Crippen LogP contribution is -2.41. The summed E-state index contributed by atoms with van der Waals surface area (Å²) in [5.74, 6) is 0.612. The number of aryl methyl sites for hydroxylation is 1. The molecule has 1 saturated heterocycles. The third-order valence-electron chi connectivity index (χ3n) is 4.35. The lowest BCUT2D eigenvalue weighted by atomic mass is 10.1. The minimum atomic E-state index is -0.00449. The Morgan fingerprint density at radius 2 is 2.08 bits per heavy atom. The average Bonchev–Trinajstić information content (AvgIpc) is 3.25. The van der Waals surface area contributed by atoms with Gasteiger partial charge in [-0.2, -0.15) is 0 Å². The molecule has 0 saturated carbocycles. The molecule has 0 spiro atoms. The molecule has 2 aromatic heterocycles. The van der Waals surface area contributed by atoms with Crippen molar-refractivity contribution in [1.29, 1.82) is 0 Å². The van der Waals surface area contributed by atoms with Crippen LogP contribution in [0.1, 0.15) is 16.3 Å². The lowest BCUT2D eigenvalue weighted by molar-refractivity contribution is -0.128. The number of nitrogens with zero attached hydrogens (tertiary/aromatic N) is 2. The summed E-state index contributed by atoms with van der Waals surface area (Å²) in [6.07, 6.45) is 1.95. The number of thiophene rings is 1. The van der Waals surface area contributed by atoms with Crippen LogP contribution in [0.2, 0.25) is 0 Å². The Kier molecular flexibility index (Phi) is 4.38. The van der Waals surface area contributed by atoms with E-state index in [2.05, 4.69) is 23.0 Å². The van der Waals surface area contributed by atoms with Crippen molar-refractivity contribution in [2.24, 2.45) is 0 Å². The Morgan fingerprint density at radius 3 is 2.80 bits per heavy atom. The van der Waals surface area contributed by atoms with Crippen LogP contribution < -0.4 is 0 Å². The molecule has 0 aliphatic carbocycles. The molecule has 1 amide bonds. The van der Waals surface area contributed by atoms with E-state index in [1.807, 2.05) is 40.6 Å². The monoisotopic (exact) mass is 353 g/mol. The van der Waals surface area contributed by atoms with Crippen molar-refractivity contribution < 1.29 is 9.53 Å². The third kappa shape index (κ3) is 3.23. The molecule has 3 heterocycles. The molecule has 128 valence electrons. The van der Waals surface area contributed by atoms with Gasteiger partial charge in [0.2, 0.25) is 0 Å². The minimum absolute atomic E-state index is 0.00449. The number of morpholine rings is 1. The van der Waals surface area contributed by atoms with Crippen molar-refractivity contribution in [2.45, 2.75) is 6.92 Å². The van der Waals surface area contributed by atoms with Gasteiger partial charge in [-0.25, -0.2) is 4.98 Å². The highest BCUT2D eigenvalue weighted by atomic mass is 32.1. The van der Waals surface area contributed by atoms with Gasteiger partial charge in [-0.1, -0.05) is 12.1 Å². The fraction of sp³-hybridized carbons (Fsp3) is 0.263. The molecule has 0 atom stereocenters. The van der Waals surface area contributed by atoms with E-state index in [0.29, 0.717) is 37.7 Å². The van der Waals surface area contributed by atoms with Crippen molar-refractivity contribution in [1.82, 2.24) is 14.9 Å². The van der Waals surface area contributed by atoms with Gasteiger partial charge >= 0.3 is 0 Å². The number of fused-ring (bicyclic) bond motifs is 1. The van der Waals surface area contributed by atoms with E-state index < -0.39 is 0 Å². The Morgan fingerprint density at radius 1 is 1.28 bits per heavy atom. The van der Waals surface area contributed by atoms with Gasteiger partial charge in [0.05, 0.1) is 29.8 Å². The second kappa shape index (κ2) is 6.82. The normalized spacial score (nSPS) is 15.7. The highest BCUT2D eigenvalue weighted by Gasteiger charge is 2.24. The van der Waals surface area contributed by atoms with Crippen LogP contribution in [0.25, 0.3) is 22.7 Å². The molecule has 1 aliphatic heterocycles. The van der Waals surface area contributed by atoms with Crippen LogP contribution in [0.4, 0.5) is 0 Å². The number of rotatable bonds is 3. The van der Waals surface area contributed by atoms with E-state index in [0.717, 1.165) is 21.5 Å². The molecule has 0 bridgehead atoms. The third-order valence-corrected chi connectivity index (χ3v) is 5.32. The maximum Gasteiger partial charge on any atom is 0.257 e. The zero-order valence-corrected chi connectivity index (χ0v) is 14.8. The van der Waals surface area contributed by atoms with Gasteiger partial charge in [-0.05, 0) is 42.1 Å². The number of hydrogen-bond donors (Lipinski definition) is 1. The number of hydrogen-bond acceptors (Lipinski definition) is 4. The van der Waals surface area contributed by atoms with Crippen molar-refractivity contribution >= 4 is 39.9 Å². The first-order valence-corrected chi connectivity index (χ1v) is 9.18. The van der Waals surface area contributed by atoms with E-state index in [9.17, 15) is 4.79 Å². The largest absolute Gasteiger partial charge is 0.378 e. The van der Waals surface area contributed by atoms with Crippen LogP contribution in [0.5, 0.6) is 0 Å². The summed E-state index contributed by atoms with van der Waals surface area (Å²) in [6.45, 7) is 4.44. The first-order valence-electron chi connectivity index (χ1n) is 8.30. The quantitative estimate of drug-likeness (QED) is 0.735. The average molecular weight is 353 g/mol. The van der Waals surface area contributed by atoms with Crippen LogP contribution in [-0.4, -0.2) is 47.1 Å². The number of aromatic amines is 1. The summed E-state index contributed by atoms with van der Waals surface area (Å²) in [5, 5.41) is 2.04. The molecule has 1 aliphatic rings. The first kappa shape index (κ1) is 16.1. The fourth-order valence-electron chi connectivity index (χ4n) is 2.91. The predicted octanol–water partition coefficient (Wildman–Crippen LogP) is 3.33. The molecule has 3 aromatic rings. The van der Waals surface area contributed by atoms with Gasteiger partial charge in [0.15, 0.2) is 0 Å².